The van der Waals surface area contributed by atoms with Crippen LogP contribution in [0, 0.1) is 6.92 Å². The number of aromatic nitrogens is 2. The fourth-order valence-corrected chi connectivity index (χ4v) is 3.94. The fraction of sp³-hybridized carbons (Fsp3) is 0.111. The van der Waals surface area contributed by atoms with Crippen molar-refractivity contribution in [3.8, 4) is 0 Å². The molecule has 0 saturated heterocycles. The van der Waals surface area contributed by atoms with Crippen molar-refractivity contribution in [2.24, 2.45) is 0 Å². The van der Waals surface area contributed by atoms with Crippen LogP contribution in [0.1, 0.15) is 26.3 Å². The Labute approximate surface area is 163 Å². The molecule has 0 atom stereocenters. The average Bonchev–Trinajstić information content (AvgIpc) is 3.08. The Balaban J connectivity index is 1.58. The number of carbonyl (C=O) groups is 2. The summed E-state index contributed by atoms with van der Waals surface area (Å²) in [5.41, 5.74) is 2.14. The lowest BCUT2D eigenvalue weighted by molar-refractivity contribution is 0.101. The van der Waals surface area contributed by atoms with Gasteiger partial charge in [-0.05, 0) is 19.1 Å². The molecule has 3 aromatic rings. The van der Waals surface area contributed by atoms with E-state index in [4.69, 9.17) is 11.6 Å². The monoisotopic (exact) mass is 403 g/mol. The number of ketones is 1. The van der Waals surface area contributed by atoms with Gasteiger partial charge in [0.15, 0.2) is 10.1 Å². The third-order valence-corrected chi connectivity index (χ3v) is 5.75. The lowest BCUT2D eigenvalue weighted by Crippen LogP contribution is -2.12. The van der Waals surface area contributed by atoms with Crippen molar-refractivity contribution in [3.05, 3.63) is 70.2 Å². The van der Waals surface area contributed by atoms with E-state index in [-0.39, 0.29) is 17.4 Å². The van der Waals surface area contributed by atoms with Crippen LogP contribution >= 0.6 is 34.7 Å². The second-order valence-electron chi connectivity index (χ2n) is 5.38. The van der Waals surface area contributed by atoms with Crippen LogP contribution in [0.2, 0.25) is 5.02 Å². The Morgan fingerprint density at radius 2 is 1.85 bits per heavy atom. The van der Waals surface area contributed by atoms with Gasteiger partial charge in [-0.3, -0.25) is 14.9 Å². The average molecular weight is 404 g/mol. The zero-order valence-electron chi connectivity index (χ0n) is 13.7. The predicted molar refractivity (Wildman–Crippen MR) is 106 cm³/mol. The van der Waals surface area contributed by atoms with Crippen LogP contribution < -0.4 is 5.32 Å². The molecule has 1 aromatic heterocycles. The first-order valence-corrected chi connectivity index (χ1v) is 9.83. The maximum atomic E-state index is 12.2. The summed E-state index contributed by atoms with van der Waals surface area (Å²) in [5.74, 6) is -0.0678. The molecule has 0 fully saturated rings. The van der Waals surface area contributed by atoms with Crippen LogP contribution in [-0.4, -0.2) is 27.6 Å². The molecule has 2 aromatic carbocycles. The summed E-state index contributed by atoms with van der Waals surface area (Å²) in [5, 5.41) is 11.3. The Hall–Kier alpha value is -2.22. The minimum Gasteiger partial charge on any atom is -0.296 e. The summed E-state index contributed by atoms with van der Waals surface area (Å²) >= 11 is 8.52. The van der Waals surface area contributed by atoms with E-state index >= 15 is 0 Å². The third kappa shape index (κ3) is 4.69. The van der Waals surface area contributed by atoms with Crippen molar-refractivity contribution in [2.45, 2.75) is 11.3 Å². The van der Waals surface area contributed by atoms with Crippen molar-refractivity contribution in [2.75, 3.05) is 11.1 Å². The minimum absolute atomic E-state index is 0.0202. The highest BCUT2D eigenvalue weighted by atomic mass is 35.5. The van der Waals surface area contributed by atoms with Gasteiger partial charge in [0.05, 0.1) is 16.3 Å². The summed E-state index contributed by atoms with van der Waals surface area (Å²) < 4.78 is 0.611. The Kier molecular flexibility index (Phi) is 6.03. The normalized spacial score (nSPS) is 10.5. The summed E-state index contributed by atoms with van der Waals surface area (Å²) in [4.78, 5) is 24.4. The molecule has 0 aliphatic carbocycles. The molecule has 26 heavy (non-hydrogen) atoms. The number of anilines is 1. The summed E-state index contributed by atoms with van der Waals surface area (Å²) in [6.07, 6.45) is 0. The highest BCUT2D eigenvalue weighted by Crippen LogP contribution is 2.27. The highest BCUT2D eigenvalue weighted by Gasteiger charge is 2.14. The molecule has 0 spiro atoms. The van der Waals surface area contributed by atoms with E-state index in [1.54, 1.807) is 24.3 Å². The van der Waals surface area contributed by atoms with Gasteiger partial charge in [-0.2, -0.15) is 0 Å². The van der Waals surface area contributed by atoms with E-state index < -0.39 is 0 Å². The van der Waals surface area contributed by atoms with Gasteiger partial charge in [-0.25, -0.2) is 0 Å². The molecule has 5 nitrogen and oxygen atoms in total. The van der Waals surface area contributed by atoms with Crippen LogP contribution in [0.4, 0.5) is 5.13 Å². The number of carbonyl (C=O) groups excluding carboxylic acids is 2. The molecule has 0 radical (unpaired) electrons. The lowest BCUT2D eigenvalue weighted by atomic mass is 10.1. The van der Waals surface area contributed by atoms with Crippen molar-refractivity contribution in [1.29, 1.82) is 0 Å². The van der Waals surface area contributed by atoms with Gasteiger partial charge in [-0.15, -0.1) is 10.2 Å². The molecule has 1 N–H and O–H groups in total. The maximum Gasteiger partial charge on any atom is 0.259 e. The molecular formula is C18H14ClN3O2S2. The van der Waals surface area contributed by atoms with E-state index in [2.05, 4.69) is 15.5 Å². The van der Waals surface area contributed by atoms with E-state index in [9.17, 15) is 9.59 Å². The molecule has 0 saturated carbocycles. The number of rotatable bonds is 6. The van der Waals surface area contributed by atoms with Crippen LogP contribution in [0.25, 0.3) is 0 Å². The van der Waals surface area contributed by atoms with E-state index in [1.807, 2.05) is 31.2 Å². The third-order valence-electron chi connectivity index (χ3n) is 3.45. The van der Waals surface area contributed by atoms with Gasteiger partial charge in [0.2, 0.25) is 5.13 Å². The van der Waals surface area contributed by atoms with E-state index in [1.165, 1.54) is 23.1 Å². The number of aryl methyl sites for hydroxylation is 1. The van der Waals surface area contributed by atoms with Gasteiger partial charge in [-0.1, -0.05) is 76.7 Å². The van der Waals surface area contributed by atoms with Gasteiger partial charge >= 0.3 is 0 Å². The second kappa shape index (κ2) is 8.44. The molecule has 0 aliphatic rings. The molecular weight excluding hydrogens is 390 g/mol. The number of nitrogens with zero attached hydrogens (tertiary/aromatic N) is 2. The smallest absolute Gasteiger partial charge is 0.259 e. The largest absolute Gasteiger partial charge is 0.296 e. The number of halogens is 1. The highest BCUT2D eigenvalue weighted by molar-refractivity contribution is 8.01. The van der Waals surface area contributed by atoms with Gasteiger partial charge < -0.3 is 0 Å². The number of amides is 1. The van der Waals surface area contributed by atoms with Crippen LogP contribution in [0.15, 0.2) is 52.9 Å². The van der Waals surface area contributed by atoms with E-state index in [0.29, 0.717) is 25.6 Å². The summed E-state index contributed by atoms with van der Waals surface area (Å²) in [6.45, 7) is 1.97. The zero-order chi connectivity index (χ0) is 18.5. The SMILES string of the molecule is Cc1ccc(C(=O)CSc2nnc(NC(=O)c3ccccc3Cl)s2)cc1. The number of Topliss-reactive ketones (excluding diaryl/α,β-unsaturated/α-hetero) is 1. The lowest BCUT2D eigenvalue weighted by Gasteiger charge is -2.02. The standard InChI is InChI=1S/C18H14ClN3O2S2/c1-11-6-8-12(9-7-11)15(23)10-25-18-22-21-17(26-18)20-16(24)13-4-2-3-5-14(13)19/h2-9H,10H2,1H3,(H,20,21,24). The quantitative estimate of drug-likeness (QED) is 0.366. The molecule has 1 amide bonds. The Morgan fingerprint density at radius 3 is 2.58 bits per heavy atom. The van der Waals surface area contributed by atoms with Crippen molar-refractivity contribution in [3.63, 3.8) is 0 Å². The molecule has 1 heterocycles. The van der Waals surface area contributed by atoms with Crippen LogP contribution in [0.5, 0.6) is 0 Å². The van der Waals surface area contributed by atoms with Gasteiger partial charge in [0.25, 0.3) is 5.91 Å². The second-order valence-corrected chi connectivity index (χ2v) is 7.99. The number of thioether (sulfide) groups is 1. The topological polar surface area (TPSA) is 72.0 Å². The van der Waals surface area contributed by atoms with Crippen molar-refractivity contribution >= 4 is 51.5 Å². The molecule has 3 rings (SSSR count). The number of benzene rings is 2. The maximum absolute atomic E-state index is 12.2. The predicted octanol–water partition coefficient (Wildman–Crippen LogP) is 4.73. The van der Waals surface area contributed by atoms with E-state index in [0.717, 1.165) is 5.56 Å². The van der Waals surface area contributed by atoms with Crippen LogP contribution in [0.3, 0.4) is 0 Å². The number of nitrogens with one attached hydrogen (secondary N) is 1. The minimum atomic E-state index is -0.348. The zero-order valence-corrected chi connectivity index (χ0v) is 16.1. The number of hydrogen-bond acceptors (Lipinski definition) is 6. The molecule has 8 heteroatoms. The van der Waals surface area contributed by atoms with Crippen molar-refractivity contribution < 1.29 is 9.59 Å². The summed E-state index contributed by atoms with van der Waals surface area (Å²) in [7, 11) is 0. The fourth-order valence-electron chi connectivity index (χ4n) is 2.08. The first-order chi connectivity index (χ1) is 12.5. The Morgan fingerprint density at radius 1 is 1.12 bits per heavy atom. The van der Waals surface area contributed by atoms with Gasteiger partial charge in [0.1, 0.15) is 0 Å². The molecule has 0 aliphatic heterocycles. The number of hydrogen-bond donors (Lipinski definition) is 1. The first kappa shape index (κ1) is 18.6. The molecule has 0 bridgehead atoms. The molecule has 132 valence electrons. The first-order valence-electron chi connectivity index (χ1n) is 7.65. The van der Waals surface area contributed by atoms with Crippen molar-refractivity contribution in [1.82, 2.24) is 10.2 Å². The van der Waals surface area contributed by atoms with Crippen LogP contribution in [-0.2, 0) is 0 Å². The van der Waals surface area contributed by atoms with Gasteiger partial charge in [0, 0.05) is 5.56 Å². The molecule has 0 unspecified atom stereocenters. The Bertz CT molecular complexity index is 942. The summed E-state index contributed by atoms with van der Waals surface area (Å²) in [6, 6.07) is 14.2.